The number of rotatable bonds is 4. The summed E-state index contributed by atoms with van der Waals surface area (Å²) in [6, 6.07) is 7.78. The summed E-state index contributed by atoms with van der Waals surface area (Å²) in [5, 5.41) is 9.02. The van der Waals surface area contributed by atoms with Crippen LogP contribution in [0.4, 0.5) is 15.3 Å². The summed E-state index contributed by atoms with van der Waals surface area (Å²) in [7, 11) is 0. The van der Waals surface area contributed by atoms with Crippen molar-refractivity contribution in [1.82, 2.24) is 20.4 Å². The summed E-state index contributed by atoms with van der Waals surface area (Å²) in [4.78, 5) is 32.8. The molecule has 0 saturated carbocycles. The summed E-state index contributed by atoms with van der Waals surface area (Å²) in [6.45, 7) is 12.7. The Bertz CT molecular complexity index is 816. The summed E-state index contributed by atoms with van der Waals surface area (Å²) in [5.41, 5.74) is 1.35. The van der Waals surface area contributed by atoms with Gasteiger partial charge in [-0.25, -0.2) is 9.59 Å². The highest BCUT2D eigenvalue weighted by Gasteiger charge is 2.36. The molecule has 0 bridgehead atoms. The number of hydrogen-bond donors (Lipinski definition) is 3. The van der Waals surface area contributed by atoms with E-state index in [9.17, 15) is 9.59 Å². The van der Waals surface area contributed by atoms with Crippen molar-refractivity contribution in [3.05, 3.63) is 29.8 Å². The lowest BCUT2D eigenvalue weighted by Gasteiger charge is -2.39. The van der Waals surface area contributed by atoms with Crippen LogP contribution < -0.4 is 16.0 Å². The Balaban J connectivity index is 1.46. The van der Waals surface area contributed by atoms with Gasteiger partial charge in [-0.2, -0.15) is 0 Å². The molecule has 1 aromatic rings. The minimum atomic E-state index is -0.490. The van der Waals surface area contributed by atoms with E-state index in [2.05, 4.69) is 25.8 Å². The van der Waals surface area contributed by atoms with Crippen LogP contribution in [0.25, 0.3) is 0 Å². The summed E-state index contributed by atoms with van der Waals surface area (Å²) < 4.78 is 5.50. The standard InChI is InChI=1S/C22H34N6O3/c1-15(2)25-20(29)26-17-8-6-16(7-9-17)12-23-19-24-13-18-14-27(10-11-28(18)19)21(30)31-22(3,4)5/h6-9,15,18H,10-14H2,1-5H3,(H,23,24)(H2,25,26,29). The minimum Gasteiger partial charge on any atom is -0.444 e. The van der Waals surface area contributed by atoms with Gasteiger partial charge in [-0.1, -0.05) is 12.1 Å². The zero-order valence-electron chi connectivity index (χ0n) is 19.1. The highest BCUT2D eigenvalue weighted by Crippen LogP contribution is 2.19. The van der Waals surface area contributed by atoms with Gasteiger partial charge < -0.3 is 30.5 Å². The average molecular weight is 431 g/mol. The first-order chi connectivity index (χ1) is 14.6. The van der Waals surface area contributed by atoms with Gasteiger partial charge in [-0.05, 0) is 52.3 Å². The largest absolute Gasteiger partial charge is 0.444 e. The number of fused-ring (bicyclic) bond motifs is 1. The number of aliphatic imine (C=N–C) groups is 1. The first kappa shape index (κ1) is 22.7. The first-order valence-corrected chi connectivity index (χ1v) is 10.8. The molecule has 9 heteroatoms. The molecule has 1 atom stereocenters. The molecule has 2 aliphatic heterocycles. The predicted octanol–water partition coefficient (Wildman–Crippen LogP) is 2.60. The van der Waals surface area contributed by atoms with Crippen LogP contribution in [0.5, 0.6) is 0 Å². The van der Waals surface area contributed by atoms with E-state index in [0.29, 0.717) is 26.2 Å². The van der Waals surface area contributed by atoms with Crippen LogP contribution in [0, 0.1) is 0 Å². The summed E-state index contributed by atoms with van der Waals surface area (Å²) >= 11 is 0. The van der Waals surface area contributed by atoms with Crippen molar-refractivity contribution < 1.29 is 14.3 Å². The summed E-state index contributed by atoms with van der Waals surface area (Å²) in [5.74, 6) is 0.868. The van der Waals surface area contributed by atoms with Crippen LogP contribution in [0.1, 0.15) is 40.2 Å². The van der Waals surface area contributed by atoms with Gasteiger partial charge in [-0.3, -0.25) is 4.99 Å². The quantitative estimate of drug-likeness (QED) is 0.682. The Labute approximate surface area is 184 Å². The van der Waals surface area contributed by atoms with Crippen molar-refractivity contribution in [3.63, 3.8) is 0 Å². The van der Waals surface area contributed by atoms with Gasteiger partial charge in [0.25, 0.3) is 0 Å². The van der Waals surface area contributed by atoms with Gasteiger partial charge in [0, 0.05) is 37.9 Å². The number of carbonyl (C=O) groups is 2. The second-order valence-corrected chi connectivity index (χ2v) is 9.24. The van der Waals surface area contributed by atoms with E-state index >= 15 is 0 Å². The van der Waals surface area contributed by atoms with Crippen molar-refractivity contribution in [3.8, 4) is 0 Å². The van der Waals surface area contributed by atoms with Gasteiger partial charge in [0.05, 0.1) is 12.6 Å². The molecule has 1 unspecified atom stereocenters. The second-order valence-electron chi connectivity index (χ2n) is 9.24. The number of carbonyl (C=O) groups excluding carboxylic acids is 2. The maximum atomic E-state index is 12.3. The lowest BCUT2D eigenvalue weighted by molar-refractivity contribution is 0.0137. The predicted molar refractivity (Wildman–Crippen MR) is 121 cm³/mol. The smallest absolute Gasteiger partial charge is 0.410 e. The van der Waals surface area contributed by atoms with Crippen molar-refractivity contribution in [2.75, 3.05) is 31.5 Å². The maximum Gasteiger partial charge on any atom is 0.410 e. The number of nitrogens with one attached hydrogen (secondary N) is 3. The Kier molecular flexibility index (Phi) is 6.92. The number of hydrogen-bond acceptors (Lipinski definition) is 6. The fourth-order valence-electron chi connectivity index (χ4n) is 3.54. The van der Waals surface area contributed by atoms with Crippen molar-refractivity contribution in [2.24, 2.45) is 4.99 Å². The number of ether oxygens (including phenoxy) is 1. The Morgan fingerprint density at radius 1 is 1.19 bits per heavy atom. The van der Waals surface area contributed by atoms with Gasteiger partial charge >= 0.3 is 12.1 Å². The molecular weight excluding hydrogens is 396 g/mol. The Morgan fingerprint density at radius 3 is 2.55 bits per heavy atom. The monoisotopic (exact) mass is 430 g/mol. The highest BCUT2D eigenvalue weighted by atomic mass is 16.6. The van der Waals surface area contributed by atoms with E-state index < -0.39 is 5.60 Å². The molecule has 0 aliphatic carbocycles. The number of nitrogens with zero attached hydrogens (tertiary/aromatic N) is 3. The van der Waals surface area contributed by atoms with E-state index in [0.717, 1.165) is 23.8 Å². The summed E-state index contributed by atoms with van der Waals surface area (Å²) in [6.07, 6.45) is -0.260. The molecule has 0 aromatic heterocycles. The van der Waals surface area contributed by atoms with E-state index in [-0.39, 0.29) is 24.2 Å². The van der Waals surface area contributed by atoms with Crippen LogP contribution >= 0.6 is 0 Å². The molecule has 1 aromatic carbocycles. The molecule has 0 spiro atoms. The molecule has 9 nitrogen and oxygen atoms in total. The molecule has 2 aliphatic rings. The molecule has 3 N–H and O–H groups in total. The molecule has 1 fully saturated rings. The number of urea groups is 1. The van der Waals surface area contributed by atoms with Crippen LogP contribution in [0.3, 0.4) is 0 Å². The maximum absolute atomic E-state index is 12.3. The van der Waals surface area contributed by atoms with Crippen LogP contribution in [-0.4, -0.2) is 71.7 Å². The first-order valence-electron chi connectivity index (χ1n) is 10.8. The third-order valence-electron chi connectivity index (χ3n) is 4.94. The molecule has 3 rings (SSSR count). The fraction of sp³-hybridized carbons (Fsp3) is 0.591. The molecule has 31 heavy (non-hydrogen) atoms. The third-order valence-corrected chi connectivity index (χ3v) is 4.94. The zero-order valence-corrected chi connectivity index (χ0v) is 19.1. The number of guanidine groups is 1. The number of benzene rings is 1. The molecular formula is C22H34N6O3. The van der Waals surface area contributed by atoms with E-state index in [1.54, 1.807) is 4.90 Å². The topological polar surface area (TPSA) is 98.3 Å². The third kappa shape index (κ3) is 6.50. The molecule has 170 valence electrons. The Morgan fingerprint density at radius 2 is 1.90 bits per heavy atom. The highest BCUT2D eigenvalue weighted by molar-refractivity contribution is 5.89. The van der Waals surface area contributed by atoms with Crippen molar-refractivity contribution in [1.29, 1.82) is 0 Å². The molecule has 0 radical (unpaired) electrons. The second kappa shape index (κ2) is 9.45. The zero-order chi connectivity index (χ0) is 22.6. The van der Waals surface area contributed by atoms with Gasteiger partial charge in [-0.15, -0.1) is 0 Å². The van der Waals surface area contributed by atoms with Gasteiger partial charge in [0.15, 0.2) is 5.96 Å². The Hall–Kier alpha value is -2.97. The molecule has 3 amide bonds. The lowest BCUT2D eigenvalue weighted by Crippen LogP contribution is -2.57. The molecule has 2 heterocycles. The lowest BCUT2D eigenvalue weighted by atomic mass is 10.2. The number of anilines is 1. The SMILES string of the molecule is CC(C)NC(=O)Nc1ccc(CNC2=NCC3CN(C(=O)OC(C)(C)C)CCN23)cc1. The van der Waals surface area contributed by atoms with Crippen LogP contribution in [0.15, 0.2) is 29.3 Å². The van der Waals surface area contributed by atoms with E-state index in [4.69, 9.17) is 4.74 Å². The van der Waals surface area contributed by atoms with Crippen molar-refractivity contribution >= 4 is 23.8 Å². The number of amides is 3. The van der Waals surface area contributed by atoms with E-state index in [1.165, 1.54) is 0 Å². The fourth-order valence-corrected chi connectivity index (χ4v) is 3.54. The van der Waals surface area contributed by atoms with Crippen molar-refractivity contribution in [2.45, 2.75) is 58.8 Å². The molecule has 1 saturated heterocycles. The van der Waals surface area contributed by atoms with Gasteiger partial charge in [0.1, 0.15) is 5.60 Å². The van der Waals surface area contributed by atoms with Crippen LogP contribution in [-0.2, 0) is 11.3 Å². The van der Waals surface area contributed by atoms with Crippen LogP contribution in [0.2, 0.25) is 0 Å². The van der Waals surface area contributed by atoms with Gasteiger partial charge in [0.2, 0.25) is 0 Å². The van der Waals surface area contributed by atoms with E-state index in [1.807, 2.05) is 58.9 Å². The minimum absolute atomic E-state index is 0.0884. The number of piperazine rings is 1. The normalized spacial score (nSPS) is 18.4. The average Bonchev–Trinajstić information content (AvgIpc) is 3.07.